The number of hydrogen-bond donors (Lipinski definition) is 1. The van der Waals surface area contributed by atoms with E-state index >= 15 is 0 Å². The van der Waals surface area contributed by atoms with Crippen LogP contribution in [0.2, 0.25) is 0 Å². The molecule has 3 rings (SSSR count). The molecule has 0 bridgehead atoms. The van der Waals surface area contributed by atoms with Crippen molar-refractivity contribution in [3.8, 4) is 0 Å². The molecule has 1 aromatic rings. The van der Waals surface area contributed by atoms with Crippen LogP contribution in [0.5, 0.6) is 0 Å². The molecule has 3 amide bonds. The largest absolute Gasteiger partial charge is 0.369 e. The number of para-hydroxylation sites is 1. The molecule has 128 valence electrons. The van der Waals surface area contributed by atoms with Gasteiger partial charge in [-0.1, -0.05) is 25.1 Å². The number of aryl methyl sites for hydroxylation is 1. The Balaban J connectivity index is 1.71. The first kappa shape index (κ1) is 16.5. The predicted octanol–water partition coefficient (Wildman–Crippen LogP) is 0.936. The van der Waals surface area contributed by atoms with Crippen molar-refractivity contribution in [2.45, 2.75) is 26.2 Å². The third-order valence-electron chi connectivity index (χ3n) is 5.04. The van der Waals surface area contributed by atoms with Crippen LogP contribution in [0.25, 0.3) is 0 Å². The summed E-state index contributed by atoms with van der Waals surface area (Å²) in [5.41, 5.74) is 7.33. The van der Waals surface area contributed by atoms with Gasteiger partial charge < -0.3 is 15.5 Å². The van der Waals surface area contributed by atoms with Crippen molar-refractivity contribution in [2.75, 3.05) is 24.5 Å². The third kappa shape index (κ3) is 3.00. The number of hydrogen-bond acceptors (Lipinski definition) is 3. The molecule has 2 N–H and O–H groups in total. The van der Waals surface area contributed by atoms with Crippen LogP contribution in [0, 0.1) is 11.8 Å². The maximum absolute atomic E-state index is 12.7. The van der Waals surface area contributed by atoms with Crippen molar-refractivity contribution in [3.05, 3.63) is 29.8 Å². The van der Waals surface area contributed by atoms with Gasteiger partial charge >= 0.3 is 0 Å². The molecule has 0 saturated carbocycles. The molecule has 6 nitrogen and oxygen atoms in total. The van der Waals surface area contributed by atoms with E-state index in [1.54, 1.807) is 9.80 Å². The summed E-state index contributed by atoms with van der Waals surface area (Å²) < 4.78 is 0. The quantitative estimate of drug-likeness (QED) is 0.892. The van der Waals surface area contributed by atoms with Crippen LogP contribution >= 0.6 is 0 Å². The molecule has 0 spiro atoms. The minimum atomic E-state index is -0.355. The first-order valence-electron chi connectivity index (χ1n) is 8.47. The van der Waals surface area contributed by atoms with Crippen molar-refractivity contribution in [2.24, 2.45) is 17.6 Å². The molecule has 0 radical (unpaired) electrons. The van der Waals surface area contributed by atoms with Gasteiger partial charge in [0.15, 0.2) is 0 Å². The Labute approximate surface area is 141 Å². The first-order valence-corrected chi connectivity index (χ1v) is 8.47. The van der Waals surface area contributed by atoms with Crippen LogP contribution in [0.15, 0.2) is 24.3 Å². The Morgan fingerprint density at radius 1 is 1.21 bits per heavy atom. The summed E-state index contributed by atoms with van der Waals surface area (Å²) in [6, 6.07) is 7.81. The monoisotopic (exact) mass is 329 g/mol. The Morgan fingerprint density at radius 3 is 2.62 bits per heavy atom. The minimum absolute atomic E-state index is 0.0140. The highest BCUT2D eigenvalue weighted by Gasteiger charge is 2.40. The average Bonchev–Trinajstić information content (AvgIpc) is 3.21. The lowest BCUT2D eigenvalue weighted by molar-refractivity contribution is -0.135. The SMILES string of the molecule is CCc1ccccc1N1C[C@H](C(=O)N2CC[C@@H](C(N)=O)C2)CC1=O. The maximum atomic E-state index is 12.7. The fourth-order valence-corrected chi connectivity index (χ4v) is 3.63. The Hall–Kier alpha value is -2.37. The van der Waals surface area contributed by atoms with E-state index in [0.717, 1.165) is 17.7 Å². The van der Waals surface area contributed by atoms with E-state index in [-0.39, 0.29) is 36.0 Å². The molecule has 2 fully saturated rings. The molecule has 2 aliphatic rings. The summed E-state index contributed by atoms with van der Waals surface area (Å²) in [4.78, 5) is 39.8. The summed E-state index contributed by atoms with van der Waals surface area (Å²) in [7, 11) is 0. The van der Waals surface area contributed by atoms with Gasteiger partial charge in [-0.25, -0.2) is 0 Å². The molecule has 6 heteroatoms. The van der Waals surface area contributed by atoms with E-state index in [2.05, 4.69) is 6.92 Å². The Kier molecular flexibility index (Phi) is 4.55. The standard InChI is InChI=1S/C18H23N3O3/c1-2-12-5-3-4-6-15(12)21-11-14(9-16(21)22)18(24)20-8-7-13(10-20)17(19)23/h3-6,13-14H,2,7-11H2,1H3,(H2,19,23)/t13-,14-/m1/s1. The normalized spacial score (nSPS) is 23.8. The number of rotatable bonds is 4. The molecular formula is C18H23N3O3. The van der Waals surface area contributed by atoms with E-state index in [1.807, 2.05) is 24.3 Å². The third-order valence-corrected chi connectivity index (χ3v) is 5.04. The number of primary amides is 1. The zero-order valence-corrected chi connectivity index (χ0v) is 13.9. The zero-order chi connectivity index (χ0) is 17.3. The van der Waals surface area contributed by atoms with E-state index in [9.17, 15) is 14.4 Å². The summed E-state index contributed by atoms with van der Waals surface area (Å²) in [5, 5.41) is 0. The van der Waals surface area contributed by atoms with Crippen molar-refractivity contribution < 1.29 is 14.4 Å². The summed E-state index contributed by atoms with van der Waals surface area (Å²) in [5.74, 6) is -1.01. The van der Waals surface area contributed by atoms with Crippen molar-refractivity contribution >= 4 is 23.4 Å². The second-order valence-electron chi connectivity index (χ2n) is 6.56. The minimum Gasteiger partial charge on any atom is -0.369 e. The van der Waals surface area contributed by atoms with Crippen LogP contribution in [-0.2, 0) is 20.8 Å². The number of nitrogens with two attached hydrogens (primary N) is 1. The van der Waals surface area contributed by atoms with Crippen LogP contribution < -0.4 is 10.6 Å². The van der Waals surface area contributed by atoms with Crippen LogP contribution in [0.3, 0.4) is 0 Å². The molecule has 2 atom stereocenters. The molecule has 0 aliphatic carbocycles. The molecular weight excluding hydrogens is 306 g/mol. The molecule has 0 aromatic heterocycles. The van der Waals surface area contributed by atoms with E-state index in [4.69, 9.17) is 5.73 Å². The van der Waals surface area contributed by atoms with Crippen molar-refractivity contribution in [3.63, 3.8) is 0 Å². The fraction of sp³-hybridized carbons (Fsp3) is 0.500. The summed E-state index contributed by atoms with van der Waals surface area (Å²) in [6.07, 6.45) is 1.68. The van der Waals surface area contributed by atoms with Gasteiger partial charge in [0.25, 0.3) is 0 Å². The second kappa shape index (κ2) is 6.63. The molecule has 2 saturated heterocycles. The van der Waals surface area contributed by atoms with Gasteiger partial charge in [0.1, 0.15) is 0 Å². The van der Waals surface area contributed by atoms with E-state index in [0.29, 0.717) is 26.1 Å². The van der Waals surface area contributed by atoms with Crippen molar-refractivity contribution in [1.82, 2.24) is 4.90 Å². The van der Waals surface area contributed by atoms with Gasteiger partial charge in [-0.3, -0.25) is 14.4 Å². The predicted molar refractivity (Wildman–Crippen MR) is 90.2 cm³/mol. The Bertz CT molecular complexity index is 673. The smallest absolute Gasteiger partial charge is 0.228 e. The maximum Gasteiger partial charge on any atom is 0.228 e. The highest BCUT2D eigenvalue weighted by Crippen LogP contribution is 2.30. The number of amides is 3. The molecule has 2 aliphatic heterocycles. The number of carbonyl (C=O) groups excluding carboxylic acids is 3. The Morgan fingerprint density at radius 2 is 1.96 bits per heavy atom. The number of benzene rings is 1. The van der Waals surface area contributed by atoms with Gasteiger partial charge in [0.05, 0.1) is 11.8 Å². The molecule has 2 heterocycles. The summed E-state index contributed by atoms with van der Waals surface area (Å²) >= 11 is 0. The lowest BCUT2D eigenvalue weighted by Gasteiger charge is -2.22. The lowest BCUT2D eigenvalue weighted by Crippen LogP contribution is -2.37. The number of anilines is 1. The first-order chi connectivity index (χ1) is 11.5. The van der Waals surface area contributed by atoms with Gasteiger partial charge in [-0.2, -0.15) is 0 Å². The van der Waals surface area contributed by atoms with Crippen molar-refractivity contribution in [1.29, 1.82) is 0 Å². The van der Waals surface area contributed by atoms with Gasteiger partial charge in [0.2, 0.25) is 17.7 Å². The fourth-order valence-electron chi connectivity index (χ4n) is 3.63. The summed E-state index contributed by atoms with van der Waals surface area (Å²) in [6.45, 7) is 3.38. The van der Waals surface area contributed by atoms with Crippen LogP contribution in [0.1, 0.15) is 25.3 Å². The lowest BCUT2D eigenvalue weighted by atomic mass is 10.1. The number of nitrogens with zero attached hydrogens (tertiary/aromatic N) is 2. The number of likely N-dealkylation sites (tertiary alicyclic amines) is 1. The molecule has 24 heavy (non-hydrogen) atoms. The van der Waals surface area contributed by atoms with Crippen LogP contribution in [0.4, 0.5) is 5.69 Å². The number of carbonyl (C=O) groups is 3. The molecule has 0 unspecified atom stereocenters. The highest BCUT2D eigenvalue weighted by atomic mass is 16.2. The van der Waals surface area contributed by atoms with E-state index in [1.165, 1.54) is 0 Å². The molecule has 1 aromatic carbocycles. The second-order valence-corrected chi connectivity index (χ2v) is 6.56. The topological polar surface area (TPSA) is 83.7 Å². The van der Waals surface area contributed by atoms with Gasteiger partial charge in [-0.05, 0) is 24.5 Å². The zero-order valence-electron chi connectivity index (χ0n) is 13.9. The average molecular weight is 329 g/mol. The van der Waals surface area contributed by atoms with E-state index < -0.39 is 0 Å². The van der Waals surface area contributed by atoms with Gasteiger partial charge in [-0.15, -0.1) is 0 Å². The van der Waals surface area contributed by atoms with Crippen LogP contribution in [-0.4, -0.2) is 42.3 Å². The van der Waals surface area contributed by atoms with Gasteiger partial charge in [0, 0.05) is 31.7 Å². The highest BCUT2D eigenvalue weighted by molar-refractivity contribution is 6.01.